The molecule has 1 unspecified atom stereocenters. The van der Waals surface area contributed by atoms with Crippen molar-refractivity contribution >= 4 is 5.97 Å². The number of fused-ring (bicyclic) bond motifs is 1. The number of H-pyrrole nitrogens is 1. The third-order valence-electron chi connectivity index (χ3n) is 6.25. The zero-order valence-electron chi connectivity index (χ0n) is 18.3. The van der Waals surface area contributed by atoms with Crippen LogP contribution in [-0.4, -0.2) is 22.3 Å². The molecule has 5 rings (SSSR count). The Labute approximate surface area is 191 Å². The first kappa shape index (κ1) is 20.9. The molecule has 8 nitrogen and oxygen atoms in total. The lowest BCUT2D eigenvalue weighted by molar-refractivity contribution is 0.0211. The standard InChI is InChI=1S/C25H24N4O4/c1-14-21-22(18(13-26)23(27)33-24(21)29-28-14)20-11-10-19(32-20)15-6-5-7-16(12-15)25(30)31-17-8-3-2-4-9-17/h5-7,10-12,17,22H,2-4,8-9,27H2,1H3,(H,28,29). The number of nitrogens with zero attached hydrogens (tertiary/aromatic N) is 2. The van der Waals surface area contributed by atoms with Crippen LogP contribution < -0.4 is 10.5 Å². The smallest absolute Gasteiger partial charge is 0.338 e. The highest BCUT2D eigenvalue weighted by Gasteiger charge is 2.36. The van der Waals surface area contributed by atoms with Crippen molar-refractivity contribution in [1.29, 1.82) is 5.26 Å². The van der Waals surface area contributed by atoms with Crippen molar-refractivity contribution in [3.63, 3.8) is 0 Å². The van der Waals surface area contributed by atoms with E-state index in [1.54, 1.807) is 24.3 Å². The predicted molar refractivity (Wildman–Crippen MR) is 119 cm³/mol. The van der Waals surface area contributed by atoms with E-state index in [-0.39, 0.29) is 23.5 Å². The van der Waals surface area contributed by atoms with Gasteiger partial charge in [0.25, 0.3) is 0 Å². The van der Waals surface area contributed by atoms with Gasteiger partial charge < -0.3 is 19.6 Å². The second-order valence-electron chi connectivity index (χ2n) is 8.44. The Hall–Kier alpha value is -3.99. The number of aryl methyl sites for hydroxylation is 1. The van der Waals surface area contributed by atoms with Crippen LogP contribution in [0.15, 0.2) is 52.3 Å². The van der Waals surface area contributed by atoms with Gasteiger partial charge in [-0.3, -0.25) is 5.10 Å². The molecule has 33 heavy (non-hydrogen) atoms. The molecule has 2 aliphatic rings. The third kappa shape index (κ3) is 3.87. The topological polar surface area (TPSA) is 127 Å². The first-order valence-corrected chi connectivity index (χ1v) is 11.1. The Balaban J connectivity index is 1.44. The highest BCUT2D eigenvalue weighted by atomic mass is 16.5. The number of hydrogen-bond donors (Lipinski definition) is 2. The lowest BCUT2D eigenvalue weighted by Crippen LogP contribution is -2.20. The van der Waals surface area contributed by atoms with Crippen LogP contribution in [0.1, 0.15) is 65.4 Å². The van der Waals surface area contributed by atoms with Gasteiger partial charge >= 0.3 is 5.97 Å². The summed E-state index contributed by atoms with van der Waals surface area (Å²) in [5.41, 5.74) is 8.94. The predicted octanol–water partition coefficient (Wildman–Crippen LogP) is 4.69. The van der Waals surface area contributed by atoms with Gasteiger partial charge in [-0.25, -0.2) is 4.79 Å². The molecule has 2 aromatic heterocycles. The fraction of sp³-hybridized carbons (Fsp3) is 0.320. The van der Waals surface area contributed by atoms with Crippen molar-refractivity contribution in [1.82, 2.24) is 10.2 Å². The number of carbonyl (C=O) groups is 1. The van der Waals surface area contributed by atoms with Gasteiger partial charge in [0.1, 0.15) is 29.3 Å². The molecule has 1 aliphatic heterocycles. The average molecular weight is 444 g/mol. The quantitative estimate of drug-likeness (QED) is 0.559. The molecular formula is C25H24N4O4. The number of allylic oxidation sites excluding steroid dienone is 1. The summed E-state index contributed by atoms with van der Waals surface area (Å²) in [6, 6.07) is 12.9. The number of benzene rings is 1. The summed E-state index contributed by atoms with van der Waals surface area (Å²) in [5, 5.41) is 16.7. The minimum atomic E-state index is -0.536. The van der Waals surface area contributed by atoms with E-state index in [2.05, 4.69) is 16.3 Å². The van der Waals surface area contributed by atoms with Gasteiger partial charge in [-0.1, -0.05) is 18.6 Å². The second kappa shape index (κ2) is 8.51. The van der Waals surface area contributed by atoms with Crippen LogP contribution in [0.4, 0.5) is 0 Å². The summed E-state index contributed by atoms with van der Waals surface area (Å²) in [6.45, 7) is 1.85. The highest BCUT2D eigenvalue weighted by Crippen LogP contribution is 2.43. The number of furan rings is 1. The van der Waals surface area contributed by atoms with E-state index in [9.17, 15) is 10.1 Å². The molecule has 0 spiro atoms. The molecule has 3 N–H and O–H groups in total. The number of rotatable bonds is 4. The number of esters is 1. The minimum absolute atomic E-state index is 0.00639. The van der Waals surface area contributed by atoms with Gasteiger partial charge in [0.05, 0.1) is 17.0 Å². The van der Waals surface area contributed by atoms with Crippen LogP contribution in [0, 0.1) is 18.3 Å². The van der Waals surface area contributed by atoms with Gasteiger partial charge in [0.15, 0.2) is 0 Å². The number of hydrogen-bond acceptors (Lipinski definition) is 7. The summed E-state index contributed by atoms with van der Waals surface area (Å²) in [5.74, 6) is 0.592. The number of aromatic nitrogens is 2. The third-order valence-corrected chi connectivity index (χ3v) is 6.25. The SMILES string of the molecule is Cc1[nH]nc2c1C(c1ccc(-c3cccc(C(=O)OC4CCCCC4)c3)o1)C(C#N)=C(N)O2. The molecule has 0 bridgehead atoms. The molecule has 168 valence electrons. The maximum atomic E-state index is 12.7. The molecule has 1 fully saturated rings. The molecule has 3 heterocycles. The van der Waals surface area contributed by atoms with Gasteiger partial charge in [-0.15, -0.1) is 5.10 Å². The molecule has 0 amide bonds. The van der Waals surface area contributed by atoms with Gasteiger partial charge in [0.2, 0.25) is 11.8 Å². The second-order valence-corrected chi connectivity index (χ2v) is 8.44. The van der Waals surface area contributed by atoms with Crippen LogP contribution >= 0.6 is 0 Å². The minimum Gasteiger partial charge on any atom is -0.460 e. The molecule has 1 aliphatic carbocycles. The number of aromatic amines is 1. The van der Waals surface area contributed by atoms with E-state index >= 15 is 0 Å². The lowest BCUT2D eigenvalue weighted by atomic mass is 9.88. The van der Waals surface area contributed by atoms with E-state index in [0.29, 0.717) is 28.5 Å². The van der Waals surface area contributed by atoms with Crippen LogP contribution in [0.2, 0.25) is 0 Å². The monoisotopic (exact) mass is 444 g/mol. The van der Waals surface area contributed by atoms with Gasteiger partial charge in [-0.2, -0.15) is 5.26 Å². The number of ether oxygens (including phenoxy) is 2. The first-order valence-electron chi connectivity index (χ1n) is 11.1. The summed E-state index contributed by atoms with van der Waals surface area (Å²) >= 11 is 0. The Bertz CT molecular complexity index is 1270. The van der Waals surface area contributed by atoms with Crippen LogP contribution in [0.3, 0.4) is 0 Å². The Morgan fingerprint density at radius 1 is 1.24 bits per heavy atom. The van der Waals surface area contributed by atoms with Crippen LogP contribution in [-0.2, 0) is 4.74 Å². The molecule has 1 saturated carbocycles. The summed E-state index contributed by atoms with van der Waals surface area (Å²) in [6.07, 6.45) is 5.23. The zero-order chi connectivity index (χ0) is 22.9. The maximum Gasteiger partial charge on any atom is 0.338 e. The number of nitrogens with one attached hydrogen (secondary N) is 1. The summed E-state index contributed by atoms with van der Waals surface area (Å²) < 4.78 is 17.4. The summed E-state index contributed by atoms with van der Waals surface area (Å²) in [7, 11) is 0. The van der Waals surface area contributed by atoms with E-state index in [1.165, 1.54) is 6.42 Å². The van der Waals surface area contributed by atoms with Crippen molar-refractivity contribution < 1.29 is 18.7 Å². The van der Waals surface area contributed by atoms with Gasteiger partial charge in [0, 0.05) is 11.3 Å². The Kier molecular flexibility index (Phi) is 5.38. The van der Waals surface area contributed by atoms with E-state index in [4.69, 9.17) is 19.6 Å². The molecule has 1 atom stereocenters. The molecule has 8 heteroatoms. The van der Waals surface area contributed by atoms with E-state index in [1.807, 2.05) is 19.1 Å². The molecule has 3 aromatic rings. The first-order chi connectivity index (χ1) is 16.0. The Morgan fingerprint density at radius 3 is 2.85 bits per heavy atom. The lowest BCUT2D eigenvalue weighted by Gasteiger charge is -2.22. The molecule has 1 aromatic carbocycles. The van der Waals surface area contributed by atoms with Gasteiger partial charge in [-0.05, 0) is 56.9 Å². The number of carbonyl (C=O) groups excluding carboxylic acids is 1. The molecule has 0 saturated heterocycles. The molecular weight excluding hydrogens is 420 g/mol. The highest BCUT2D eigenvalue weighted by molar-refractivity contribution is 5.91. The van der Waals surface area contributed by atoms with Crippen molar-refractivity contribution in [2.24, 2.45) is 5.73 Å². The zero-order valence-corrected chi connectivity index (χ0v) is 18.3. The normalized spacial score (nSPS) is 18.4. The van der Waals surface area contributed by atoms with Crippen LogP contribution in [0.5, 0.6) is 5.88 Å². The Morgan fingerprint density at radius 2 is 2.06 bits per heavy atom. The van der Waals surface area contributed by atoms with Crippen LogP contribution in [0.25, 0.3) is 11.3 Å². The van der Waals surface area contributed by atoms with Crippen molar-refractivity contribution in [2.45, 2.75) is 51.0 Å². The van der Waals surface area contributed by atoms with Crippen molar-refractivity contribution in [3.05, 3.63) is 70.4 Å². The average Bonchev–Trinajstić information content (AvgIpc) is 3.46. The number of nitriles is 1. The van der Waals surface area contributed by atoms with E-state index in [0.717, 1.165) is 36.9 Å². The van der Waals surface area contributed by atoms with Crippen molar-refractivity contribution in [3.8, 4) is 23.3 Å². The maximum absolute atomic E-state index is 12.7. The largest absolute Gasteiger partial charge is 0.460 e. The fourth-order valence-corrected chi connectivity index (χ4v) is 4.55. The van der Waals surface area contributed by atoms with Crippen molar-refractivity contribution in [2.75, 3.05) is 0 Å². The summed E-state index contributed by atoms with van der Waals surface area (Å²) in [4.78, 5) is 12.7. The van der Waals surface area contributed by atoms with E-state index < -0.39 is 5.92 Å². The molecule has 0 radical (unpaired) electrons. The number of nitrogens with two attached hydrogens (primary N) is 1. The fourth-order valence-electron chi connectivity index (χ4n) is 4.55.